The molecule has 4 heteroatoms. The zero-order valence-electron chi connectivity index (χ0n) is 21.4. The monoisotopic (exact) mass is 486 g/mol. The van der Waals surface area contributed by atoms with Gasteiger partial charge in [-0.3, -0.25) is 0 Å². The SMILES string of the molecule is Cc1ccc([C@]2(CCn3c(-c4ccccc4)nc(=S)c4c3CCCC4)CCO[C@@H](C(C)C)C2)cc1. The summed E-state index contributed by atoms with van der Waals surface area (Å²) in [6.45, 7) is 8.54. The molecule has 1 aliphatic heterocycles. The molecule has 2 aliphatic rings. The van der Waals surface area contributed by atoms with Gasteiger partial charge in [-0.25, -0.2) is 4.98 Å². The van der Waals surface area contributed by atoms with E-state index < -0.39 is 0 Å². The van der Waals surface area contributed by atoms with Crippen LogP contribution >= 0.6 is 12.2 Å². The highest BCUT2D eigenvalue weighted by Crippen LogP contribution is 2.43. The first-order valence-corrected chi connectivity index (χ1v) is 13.7. The van der Waals surface area contributed by atoms with Crippen LogP contribution in [0, 0.1) is 17.5 Å². The molecule has 0 radical (unpaired) electrons. The summed E-state index contributed by atoms with van der Waals surface area (Å²) in [6.07, 6.45) is 8.11. The minimum atomic E-state index is 0.107. The molecule has 2 atom stereocenters. The van der Waals surface area contributed by atoms with E-state index in [1.807, 2.05) is 0 Å². The number of hydrogen-bond acceptors (Lipinski definition) is 3. The maximum absolute atomic E-state index is 6.26. The molecular formula is C31H38N2OS. The van der Waals surface area contributed by atoms with Crippen molar-refractivity contribution < 1.29 is 4.74 Å². The molecule has 2 heterocycles. The van der Waals surface area contributed by atoms with Crippen molar-refractivity contribution in [1.82, 2.24) is 9.55 Å². The second kappa shape index (κ2) is 10.4. The molecule has 0 N–H and O–H groups in total. The third-order valence-electron chi connectivity index (χ3n) is 8.24. The molecule has 0 bridgehead atoms. The van der Waals surface area contributed by atoms with Gasteiger partial charge in [-0.05, 0) is 63.4 Å². The van der Waals surface area contributed by atoms with Crippen LogP contribution in [0.15, 0.2) is 54.6 Å². The topological polar surface area (TPSA) is 27.1 Å². The van der Waals surface area contributed by atoms with E-state index in [9.17, 15) is 0 Å². The number of hydrogen-bond donors (Lipinski definition) is 0. The Balaban J connectivity index is 1.57. The third kappa shape index (κ3) is 5.01. The van der Waals surface area contributed by atoms with Crippen LogP contribution in [0.25, 0.3) is 11.4 Å². The first-order valence-electron chi connectivity index (χ1n) is 13.3. The van der Waals surface area contributed by atoms with Crippen molar-refractivity contribution >= 4 is 12.2 Å². The second-order valence-corrected chi connectivity index (χ2v) is 11.3. The van der Waals surface area contributed by atoms with Crippen molar-refractivity contribution in [2.45, 2.75) is 83.8 Å². The van der Waals surface area contributed by atoms with E-state index in [0.717, 1.165) is 61.3 Å². The van der Waals surface area contributed by atoms with Crippen molar-refractivity contribution in [1.29, 1.82) is 0 Å². The minimum Gasteiger partial charge on any atom is -0.378 e. The Kier molecular flexibility index (Phi) is 7.22. The third-order valence-corrected chi connectivity index (χ3v) is 8.58. The van der Waals surface area contributed by atoms with Crippen molar-refractivity contribution in [3.63, 3.8) is 0 Å². The standard InChI is InChI=1S/C31H38N2OS/c1-22(2)28-21-31(18-20-34-28,25-15-13-23(3)14-16-25)17-19-33-27-12-8-7-11-26(27)30(35)32-29(33)24-9-5-4-6-10-24/h4-6,9-10,13-16,22,28H,7-8,11-12,17-21H2,1-3H3/t28-,31-/m1/s1. The molecule has 3 aromatic rings. The molecule has 0 unspecified atom stereocenters. The summed E-state index contributed by atoms with van der Waals surface area (Å²) in [5, 5.41) is 0. The summed E-state index contributed by atoms with van der Waals surface area (Å²) in [5.41, 5.74) is 6.76. The van der Waals surface area contributed by atoms with Crippen molar-refractivity contribution in [3.05, 3.63) is 81.6 Å². The van der Waals surface area contributed by atoms with Crippen molar-refractivity contribution in [2.24, 2.45) is 5.92 Å². The van der Waals surface area contributed by atoms with Crippen molar-refractivity contribution in [3.8, 4) is 11.4 Å². The zero-order valence-corrected chi connectivity index (χ0v) is 22.2. The Morgan fingerprint density at radius 1 is 1.06 bits per heavy atom. The van der Waals surface area contributed by atoms with Gasteiger partial charge in [0, 0.05) is 35.4 Å². The van der Waals surface area contributed by atoms with Crippen LogP contribution in [0.3, 0.4) is 0 Å². The van der Waals surface area contributed by atoms with Gasteiger partial charge in [0.2, 0.25) is 0 Å². The van der Waals surface area contributed by atoms with Gasteiger partial charge in [0.1, 0.15) is 10.5 Å². The molecule has 0 saturated carbocycles. The van der Waals surface area contributed by atoms with Crippen LogP contribution < -0.4 is 0 Å². The van der Waals surface area contributed by atoms with Gasteiger partial charge in [-0.1, -0.05) is 86.2 Å². The fourth-order valence-electron chi connectivity index (χ4n) is 6.06. The number of aromatic nitrogens is 2. The quantitative estimate of drug-likeness (QED) is 0.335. The van der Waals surface area contributed by atoms with Crippen LogP contribution in [-0.4, -0.2) is 22.3 Å². The smallest absolute Gasteiger partial charge is 0.141 e. The highest BCUT2D eigenvalue weighted by molar-refractivity contribution is 7.71. The van der Waals surface area contributed by atoms with Crippen molar-refractivity contribution in [2.75, 3.05) is 6.61 Å². The minimum absolute atomic E-state index is 0.107. The number of benzene rings is 2. The summed E-state index contributed by atoms with van der Waals surface area (Å²) in [7, 11) is 0. The Hall–Kier alpha value is -2.30. The van der Waals surface area contributed by atoms with Gasteiger partial charge in [0.25, 0.3) is 0 Å². The molecule has 1 saturated heterocycles. The van der Waals surface area contributed by atoms with Gasteiger partial charge in [0.05, 0.1) is 6.10 Å². The molecule has 0 amide bonds. The summed E-state index contributed by atoms with van der Waals surface area (Å²) in [5.74, 6) is 1.55. The van der Waals surface area contributed by atoms with Crippen LogP contribution in [0.5, 0.6) is 0 Å². The average Bonchev–Trinajstić information content (AvgIpc) is 2.89. The van der Waals surface area contributed by atoms with Crippen LogP contribution in [0.2, 0.25) is 0 Å². The maximum atomic E-state index is 6.26. The Bertz CT molecular complexity index is 1220. The average molecular weight is 487 g/mol. The maximum Gasteiger partial charge on any atom is 0.141 e. The van der Waals surface area contributed by atoms with E-state index in [-0.39, 0.29) is 5.41 Å². The summed E-state index contributed by atoms with van der Waals surface area (Å²) in [6, 6.07) is 19.9. The lowest BCUT2D eigenvalue weighted by atomic mass is 9.68. The molecule has 1 fully saturated rings. The predicted molar refractivity (Wildman–Crippen MR) is 146 cm³/mol. The number of rotatable bonds is 6. The molecule has 184 valence electrons. The number of nitrogens with zero attached hydrogens (tertiary/aromatic N) is 2. The van der Waals surface area contributed by atoms with Crippen LogP contribution in [0.4, 0.5) is 0 Å². The van der Waals surface area contributed by atoms with E-state index in [2.05, 4.69) is 79.9 Å². The number of fused-ring (bicyclic) bond motifs is 1. The van der Waals surface area contributed by atoms with Gasteiger partial charge < -0.3 is 9.30 Å². The van der Waals surface area contributed by atoms with Gasteiger partial charge in [0.15, 0.2) is 0 Å². The molecule has 1 aliphatic carbocycles. The Morgan fingerprint density at radius 2 is 1.80 bits per heavy atom. The van der Waals surface area contributed by atoms with Crippen LogP contribution in [0.1, 0.15) is 68.3 Å². The molecule has 2 aromatic carbocycles. The molecule has 35 heavy (non-hydrogen) atoms. The predicted octanol–water partition coefficient (Wildman–Crippen LogP) is 7.63. The second-order valence-electron chi connectivity index (χ2n) is 10.9. The molecule has 0 spiro atoms. The van der Waals surface area contributed by atoms with Gasteiger partial charge >= 0.3 is 0 Å². The van der Waals surface area contributed by atoms with E-state index in [4.69, 9.17) is 21.9 Å². The first kappa shape index (κ1) is 24.4. The van der Waals surface area contributed by atoms with E-state index in [0.29, 0.717) is 12.0 Å². The molecule has 3 nitrogen and oxygen atoms in total. The fraction of sp³-hybridized carbons (Fsp3) is 0.484. The van der Waals surface area contributed by atoms with E-state index in [1.165, 1.54) is 35.2 Å². The molecule has 1 aromatic heterocycles. The largest absolute Gasteiger partial charge is 0.378 e. The van der Waals surface area contributed by atoms with Gasteiger partial charge in [-0.2, -0.15) is 0 Å². The summed E-state index contributed by atoms with van der Waals surface area (Å²) in [4.78, 5) is 5.02. The Morgan fingerprint density at radius 3 is 2.54 bits per heavy atom. The van der Waals surface area contributed by atoms with Gasteiger partial charge in [-0.15, -0.1) is 0 Å². The highest BCUT2D eigenvalue weighted by atomic mass is 32.1. The Labute approximate surface area is 215 Å². The lowest BCUT2D eigenvalue weighted by Gasteiger charge is -2.43. The van der Waals surface area contributed by atoms with E-state index in [1.54, 1.807) is 0 Å². The van der Waals surface area contributed by atoms with E-state index >= 15 is 0 Å². The van der Waals surface area contributed by atoms with Crippen LogP contribution in [-0.2, 0) is 29.5 Å². The number of aryl methyl sites for hydroxylation is 1. The lowest BCUT2D eigenvalue weighted by molar-refractivity contribution is -0.0479. The first-order chi connectivity index (χ1) is 17.0. The normalized spacial score (nSPS) is 22.2. The number of ether oxygens (including phenoxy) is 1. The fourth-order valence-corrected chi connectivity index (χ4v) is 6.37. The summed E-state index contributed by atoms with van der Waals surface area (Å²) >= 11 is 5.81. The zero-order chi connectivity index (χ0) is 24.4. The summed E-state index contributed by atoms with van der Waals surface area (Å²) < 4.78 is 9.58. The lowest BCUT2D eigenvalue weighted by Crippen LogP contribution is -2.41. The molecule has 5 rings (SSSR count). The highest BCUT2D eigenvalue weighted by Gasteiger charge is 2.39. The molecular weight excluding hydrogens is 448 g/mol.